The quantitative estimate of drug-likeness (QED) is 0.839. The van der Waals surface area contributed by atoms with Crippen molar-refractivity contribution in [3.63, 3.8) is 0 Å². The Morgan fingerprint density at radius 1 is 1.59 bits per heavy atom. The Labute approximate surface area is 108 Å². The van der Waals surface area contributed by atoms with Gasteiger partial charge >= 0.3 is 0 Å². The molecule has 2 heterocycles. The maximum atomic E-state index is 6.18. The SMILES string of the molecule is CCC(N)C(Sc1nnnn1C)c1ccsc1. The van der Waals surface area contributed by atoms with Gasteiger partial charge in [0.05, 0.1) is 5.25 Å². The molecule has 0 aliphatic heterocycles. The Balaban J connectivity index is 2.20. The second-order valence-electron chi connectivity index (χ2n) is 3.75. The summed E-state index contributed by atoms with van der Waals surface area (Å²) < 4.78 is 1.67. The molecule has 0 bridgehead atoms. The number of nitrogens with two attached hydrogens (primary N) is 1. The van der Waals surface area contributed by atoms with Gasteiger partial charge in [-0.15, -0.1) is 5.10 Å². The number of thiophene rings is 1. The molecule has 0 spiro atoms. The summed E-state index contributed by atoms with van der Waals surface area (Å²) in [6.07, 6.45) is 0.929. The van der Waals surface area contributed by atoms with Gasteiger partial charge < -0.3 is 5.73 Å². The van der Waals surface area contributed by atoms with Gasteiger partial charge in [-0.05, 0) is 39.2 Å². The van der Waals surface area contributed by atoms with Crippen LogP contribution in [0.4, 0.5) is 0 Å². The summed E-state index contributed by atoms with van der Waals surface area (Å²) in [7, 11) is 1.84. The van der Waals surface area contributed by atoms with E-state index in [2.05, 4.69) is 39.3 Å². The standard InChI is InChI=1S/C10H15N5S2/c1-3-8(11)9(7-4-5-16-6-7)17-10-12-13-14-15(10)2/h4-6,8-9H,3,11H2,1-2H3. The van der Waals surface area contributed by atoms with Gasteiger partial charge in [0.1, 0.15) is 0 Å². The minimum atomic E-state index is 0.103. The van der Waals surface area contributed by atoms with Gasteiger partial charge in [0.25, 0.3) is 0 Å². The normalized spacial score (nSPS) is 14.8. The van der Waals surface area contributed by atoms with Crippen LogP contribution in [0.3, 0.4) is 0 Å². The number of rotatable bonds is 5. The van der Waals surface area contributed by atoms with Crippen LogP contribution in [0.1, 0.15) is 24.2 Å². The molecule has 7 heteroatoms. The molecule has 0 aliphatic rings. The van der Waals surface area contributed by atoms with Crippen molar-refractivity contribution in [2.75, 3.05) is 0 Å². The fourth-order valence-corrected chi connectivity index (χ4v) is 3.42. The lowest BCUT2D eigenvalue weighted by molar-refractivity contribution is 0.625. The van der Waals surface area contributed by atoms with E-state index in [1.165, 1.54) is 5.56 Å². The maximum Gasteiger partial charge on any atom is 0.209 e. The molecular formula is C10H15N5S2. The fraction of sp³-hybridized carbons (Fsp3) is 0.500. The van der Waals surface area contributed by atoms with Crippen LogP contribution in [0.15, 0.2) is 22.0 Å². The van der Waals surface area contributed by atoms with Gasteiger partial charge in [0.2, 0.25) is 5.16 Å². The van der Waals surface area contributed by atoms with Crippen molar-refractivity contribution >= 4 is 23.1 Å². The summed E-state index contributed by atoms with van der Waals surface area (Å²) in [5.41, 5.74) is 7.43. The van der Waals surface area contributed by atoms with Gasteiger partial charge in [0.15, 0.2) is 0 Å². The highest BCUT2D eigenvalue weighted by atomic mass is 32.2. The predicted molar refractivity (Wildman–Crippen MR) is 70.0 cm³/mol. The van der Waals surface area contributed by atoms with Crippen molar-refractivity contribution in [2.24, 2.45) is 12.8 Å². The van der Waals surface area contributed by atoms with E-state index in [1.54, 1.807) is 27.8 Å². The number of aryl methyl sites for hydroxylation is 1. The van der Waals surface area contributed by atoms with Gasteiger partial charge in [0, 0.05) is 13.1 Å². The molecule has 0 fully saturated rings. The lowest BCUT2D eigenvalue weighted by atomic mass is 10.1. The summed E-state index contributed by atoms with van der Waals surface area (Å²) in [4.78, 5) is 0. The van der Waals surface area contributed by atoms with Gasteiger partial charge in [-0.25, -0.2) is 4.68 Å². The Kier molecular flexibility index (Phi) is 4.14. The molecule has 0 saturated heterocycles. The first kappa shape index (κ1) is 12.5. The molecule has 5 nitrogen and oxygen atoms in total. The lowest BCUT2D eigenvalue weighted by Gasteiger charge is -2.20. The van der Waals surface area contributed by atoms with Crippen molar-refractivity contribution in [1.82, 2.24) is 20.2 Å². The van der Waals surface area contributed by atoms with Crippen LogP contribution in [0, 0.1) is 0 Å². The van der Waals surface area contributed by atoms with Crippen LogP contribution in [-0.2, 0) is 7.05 Å². The molecule has 2 aromatic rings. The number of hydrogen-bond acceptors (Lipinski definition) is 6. The summed E-state index contributed by atoms with van der Waals surface area (Å²) in [6, 6.07) is 2.22. The average molecular weight is 269 g/mol. The molecule has 2 atom stereocenters. The molecule has 0 amide bonds. The van der Waals surface area contributed by atoms with Gasteiger partial charge in [-0.3, -0.25) is 0 Å². The van der Waals surface area contributed by atoms with Crippen LogP contribution in [-0.4, -0.2) is 26.2 Å². The van der Waals surface area contributed by atoms with Crippen LogP contribution in [0.2, 0.25) is 0 Å². The van der Waals surface area contributed by atoms with E-state index in [-0.39, 0.29) is 11.3 Å². The highest BCUT2D eigenvalue weighted by Crippen LogP contribution is 2.37. The number of thioether (sulfide) groups is 1. The van der Waals surface area contributed by atoms with Crippen molar-refractivity contribution in [1.29, 1.82) is 0 Å². The topological polar surface area (TPSA) is 69.6 Å². The third kappa shape index (κ3) is 2.85. The molecule has 0 aromatic carbocycles. The van der Waals surface area contributed by atoms with Crippen molar-refractivity contribution < 1.29 is 0 Å². The lowest BCUT2D eigenvalue weighted by Crippen LogP contribution is -2.25. The monoisotopic (exact) mass is 269 g/mol. The number of hydrogen-bond donors (Lipinski definition) is 1. The third-order valence-electron chi connectivity index (χ3n) is 2.55. The van der Waals surface area contributed by atoms with Crippen molar-refractivity contribution in [2.45, 2.75) is 29.8 Å². The van der Waals surface area contributed by atoms with Crippen molar-refractivity contribution in [3.8, 4) is 0 Å². The summed E-state index contributed by atoms with van der Waals surface area (Å²) in [5.74, 6) is 0. The van der Waals surface area contributed by atoms with Crippen LogP contribution < -0.4 is 5.73 Å². The summed E-state index contributed by atoms with van der Waals surface area (Å²) in [5, 5.41) is 16.7. The maximum absolute atomic E-state index is 6.18. The van der Waals surface area contributed by atoms with Gasteiger partial charge in [-0.1, -0.05) is 18.7 Å². The first-order valence-corrected chi connectivity index (χ1v) is 7.21. The van der Waals surface area contributed by atoms with E-state index in [1.807, 2.05) is 7.05 Å². The molecule has 2 aromatic heterocycles. The van der Waals surface area contributed by atoms with Crippen LogP contribution in [0.5, 0.6) is 0 Å². The number of nitrogens with zero attached hydrogens (tertiary/aromatic N) is 4. The van der Waals surface area contributed by atoms with Crippen LogP contribution >= 0.6 is 23.1 Å². The zero-order valence-corrected chi connectivity index (χ0v) is 11.4. The molecule has 0 radical (unpaired) electrons. The summed E-state index contributed by atoms with van der Waals surface area (Å²) >= 11 is 3.31. The first-order chi connectivity index (χ1) is 8.22. The van der Waals surface area contributed by atoms with E-state index in [4.69, 9.17) is 5.73 Å². The zero-order chi connectivity index (χ0) is 12.3. The highest BCUT2D eigenvalue weighted by molar-refractivity contribution is 7.99. The molecule has 2 unspecified atom stereocenters. The predicted octanol–water partition coefficient (Wildman–Crippen LogP) is 1.84. The van der Waals surface area contributed by atoms with Gasteiger partial charge in [-0.2, -0.15) is 11.3 Å². The second-order valence-corrected chi connectivity index (χ2v) is 5.64. The summed E-state index contributed by atoms with van der Waals surface area (Å²) in [6.45, 7) is 2.10. The fourth-order valence-electron chi connectivity index (χ4n) is 1.49. The molecular weight excluding hydrogens is 254 g/mol. The van der Waals surface area contributed by atoms with Crippen molar-refractivity contribution in [3.05, 3.63) is 22.4 Å². The first-order valence-electron chi connectivity index (χ1n) is 5.39. The van der Waals surface area contributed by atoms with E-state index < -0.39 is 0 Å². The Bertz CT molecular complexity index is 453. The average Bonchev–Trinajstić information content (AvgIpc) is 2.97. The highest BCUT2D eigenvalue weighted by Gasteiger charge is 2.22. The molecule has 17 heavy (non-hydrogen) atoms. The Hall–Kier alpha value is -0.920. The molecule has 2 N–H and O–H groups in total. The number of tetrazole rings is 1. The third-order valence-corrected chi connectivity index (χ3v) is 4.68. The smallest absolute Gasteiger partial charge is 0.209 e. The van der Waals surface area contributed by atoms with E-state index in [0.717, 1.165) is 11.6 Å². The van der Waals surface area contributed by atoms with E-state index >= 15 is 0 Å². The largest absolute Gasteiger partial charge is 0.326 e. The van der Waals surface area contributed by atoms with E-state index in [0.29, 0.717) is 0 Å². The minimum Gasteiger partial charge on any atom is -0.326 e. The number of aromatic nitrogens is 4. The van der Waals surface area contributed by atoms with E-state index in [9.17, 15) is 0 Å². The Morgan fingerprint density at radius 2 is 2.41 bits per heavy atom. The molecule has 92 valence electrons. The minimum absolute atomic E-state index is 0.103. The second kappa shape index (κ2) is 5.61. The zero-order valence-electron chi connectivity index (χ0n) is 9.78. The molecule has 0 saturated carbocycles. The van der Waals surface area contributed by atoms with Crippen LogP contribution in [0.25, 0.3) is 0 Å². The Morgan fingerprint density at radius 3 is 2.94 bits per heavy atom. The molecule has 2 rings (SSSR count). The molecule has 0 aliphatic carbocycles.